The molecule has 0 saturated heterocycles. The second kappa shape index (κ2) is 3.16. The van der Waals surface area contributed by atoms with Crippen LogP contribution in [0.4, 0.5) is 0 Å². The van der Waals surface area contributed by atoms with E-state index in [9.17, 15) is 0 Å². The minimum atomic E-state index is -0.0487. The summed E-state index contributed by atoms with van der Waals surface area (Å²) in [7, 11) is 0. The van der Waals surface area contributed by atoms with Crippen molar-refractivity contribution in [2.75, 3.05) is 0 Å². The molecule has 0 saturated carbocycles. The van der Waals surface area contributed by atoms with E-state index < -0.39 is 0 Å². The largest absolute Gasteiger partial charge is 0.457 e. The highest BCUT2D eigenvalue weighted by Gasteiger charge is 2.10. The van der Waals surface area contributed by atoms with Gasteiger partial charge in [0.15, 0.2) is 0 Å². The van der Waals surface area contributed by atoms with Crippen LogP contribution in [0.3, 0.4) is 0 Å². The Balaban J connectivity index is 2.83. The summed E-state index contributed by atoms with van der Waals surface area (Å²) in [6.07, 6.45) is 0. The second-order valence-electron chi connectivity index (χ2n) is 2.92. The number of fused-ring (bicyclic) bond motifs is 1. The van der Waals surface area contributed by atoms with Crippen LogP contribution in [0.2, 0.25) is 0 Å². The quantitative estimate of drug-likeness (QED) is 0.832. The average molecular weight is 241 g/mol. The normalized spacial score (nSPS) is 11.0. The lowest BCUT2D eigenvalue weighted by Gasteiger charge is -1.90. The first kappa shape index (κ1) is 8.78. The summed E-state index contributed by atoms with van der Waals surface area (Å²) in [4.78, 5) is 0. The number of hydrogen-bond donors (Lipinski definition) is 1. The van der Waals surface area contributed by atoms with Gasteiger partial charge < -0.3 is 9.52 Å². The topological polar surface area (TPSA) is 33.4 Å². The van der Waals surface area contributed by atoms with E-state index in [1.54, 1.807) is 0 Å². The van der Waals surface area contributed by atoms with Gasteiger partial charge in [-0.2, -0.15) is 0 Å². The van der Waals surface area contributed by atoms with Gasteiger partial charge in [-0.1, -0.05) is 12.1 Å². The molecule has 0 radical (unpaired) electrons. The van der Waals surface area contributed by atoms with Crippen molar-refractivity contribution in [3.8, 4) is 0 Å². The Hall–Kier alpha value is -0.800. The van der Waals surface area contributed by atoms with Gasteiger partial charge in [-0.3, -0.25) is 0 Å². The molecule has 0 atom stereocenters. The lowest BCUT2D eigenvalue weighted by atomic mass is 10.1. The van der Waals surface area contributed by atoms with Gasteiger partial charge in [0.05, 0.1) is 4.47 Å². The Kier molecular flexibility index (Phi) is 2.14. The molecule has 68 valence electrons. The van der Waals surface area contributed by atoms with Crippen molar-refractivity contribution in [1.29, 1.82) is 0 Å². The molecule has 0 amide bonds. The number of aliphatic hydroxyl groups is 1. The maximum Gasteiger partial charge on any atom is 0.148 e. The fourth-order valence-corrected chi connectivity index (χ4v) is 1.86. The van der Waals surface area contributed by atoms with Crippen LogP contribution < -0.4 is 0 Å². The Morgan fingerprint density at radius 1 is 1.46 bits per heavy atom. The van der Waals surface area contributed by atoms with E-state index in [0.29, 0.717) is 5.76 Å². The SMILES string of the molecule is Cc1c(CO)oc2c(Br)cccc12. The van der Waals surface area contributed by atoms with Crippen LogP contribution in [-0.2, 0) is 6.61 Å². The molecule has 2 aromatic rings. The molecule has 0 aliphatic carbocycles. The fraction of sp³-hybridized carbons (Fsp3) is 0.200. The van der Waals surface area contributed by atoms with E-state index in [1.807, 2.05) is 25.1 Å². The summed E-state index contributed by atoms with van der Waals surface area (Å²) in [6.45, 7) is 1.90. The van der Waals surface area contributed by atoms with Gasteiger partial charge in [-0.15, -0.1) is 0 Å². The second-order valence-corrected chi connectivity index (χ2v) is 3.78. The molecule has 0 aliphatic heterocycles. The minimum absolute atomic E-state index is 0.0487. The molecule has 2 nitrogen and oxygen atoms in total. The predicted octanol–water partition coefficient (Wildman–Crippen LogP) is 3.00. The molecule has 1 aromatic heterocycles. The van der Waals surface area contributed by atoms with Gasteiger partial charge in [0.25, 0.3) is 0 Å². The van der Waals surface area contributed by atoms with E-state index >= 15 is 0 Å². The van der Waals surface area contributed by atoms with Crippen molar-refractivity contribution in [2.24, 2.45) is 0 Å². The molecular weight excluding hydrogens is 232 g/mol. The standard InChI is InChI=1S/C10H9BrO2/c1-6-7-3-2-4-8(11)10(7)13-9(6)5-12/h2-4,12H,5H2,1H3. The Morgan fingerprint density at radius 3 is 2.85 bits per heavy atom. The predicted molar refractivity (Wildman–Crippen MR) is 54.6 cm³/mol. The number of aryl methyl sites for hydroxylation is 1. The molecule has 0 fully saturated rings. The molecular formula is C10H9BrO2. The summed E-state index contributed by atoms with van der Waals surface area (Å²) < 4.78 is 6.41. The van der Waals surface area contributed by atoms with Crippen LogP contribution in [0.1, 0.15) is 11.3 Å². The maximum atomic E-state index is 9.00. The van der Waals surface area contributed by atoms with E-state index in [0.717, 1.165) is 21.0 Å². The van der Waals surface area contributed by atoms with Crippen molar-refractivity contribution < 1.29 is 9.52 Å². The lowest BCUT2D eigenvalue weighted by Crippen LogP contribution is -1.80. The number of para-hydroxylation sites is 1. The summed E-state index contributed by atoms with van der Waals surface area (Å²) in [5, 5.41) is 10.1. The highest BCUT2D eigenvalue weighted by atomic mass is 79.9. The first-order valence-corrected chi connectivity index (χ1v) is 4.80. The van der Waals surface area contributed by atoms with Gasteiger partial charge in [-0.25, -0.2) is 0 Å². The molecule has 13 heavy (non-hydrogen) atoms. The molecule has 0 unspecified atom stereocenters. The molecule has 3 heteroatoms. The van der Waals surface area contributed by atoms with Crippen LogP contribution >= 0.6 is 15.9 Å². The zero-order chi connectivity index (χ0) is 9.42. The van der Waals surface area contributed by atoms with E-state index in [2.05, 4.69) is 15.9 Å². The summed E-state index contributed by atoms with van der Waals surface area (Å²) in [6, 6.07) is 5.86. The smallest absolute Gasteiger partial charge is 0.148 e. The molecule has 1 N–H and O–H groups in total. The van der Waals surface area contributed by atoms with Crippen molar-refractivity contribution >= 4 is 26.9 Å². The Morgan fingerprint density at radius 2 is 2.23 bits per heavy atom. The van der Waals surface area contributed by atoms with Gasteiger partial charge in [-0.05, 0) is 28.9 Å². The fourth-order valence-electron chi connectivity index (χ4n) is 1.41. The third kappa shape index (κ3) is 1.28. The molecule has 1 aromatic carbocycles. The summed E-state index contributed by atoms with van der Waals surface area (Å²) >= 11 is 3.40. The van der Waals surface area contributed by atoms with Crippen molar-refractivity contribution in [3.63, 3.8) is 0 Å². The van der Waals surface area contributed by atoms with Gasteiger partial charge >= 0.3 is 0 Å². The zero-order valence-electron chi connectivity index (χ0n) is 7.17. The zero-order valence-corrected chi connectivity index (χ0v) is 8.76. The molecule has 0 spiro atoms. The lowest BCUT2D eigenvalue weighted by molar-refractivity contribution is 0.250. The first-order valence-electron chi connectivity index (χ1n) is 4.01. The van der Waals surface area contributed by atoms with Crippen molar-refractivity contribution in [3.05, 3.63) is 34.0 Å². The highest BCUT2D eigenvalue weighted by molar-refractivity contribution is 9.10. The molecule has 0 bridgehead atoms. The third-order valence-corrected chi connectivity index (χ3v) is 2.78. The van der Waals surface area contributed by atoms with Crippen LogP contribution in [0.25, 0.3) is 11.0 Å². The molecule has 2 rings (SSSR count). The Labute approximate surface area is 84.3 Å². The first-order chi connectivity index (χ1) is 6.24. The monoisotopic (exact) mass is 240 g/mol. The average Bonchev–Trinajstić information content (AvgIpc) is 2.45. The highest BCUT2D eigenvalue weighted by Crippen LogP contribution is 2.30. The summed E-state index contributed by atoms with van der Waals surface area (Å²) in [5.74, 6) is 0.641. The van der Waals surface area contributed by atoms with Crippen LogP contribution in [0, 0.1) is 6.92 Å². The molecule has 1 heterocycles. The van der Waals surface area contributed by atoms with Crippen LogP contribution in [0.5, 0.6) is 0 Å². The molecule has 0 aliphatic rings. The van der Waals surface area contributed by atoms with E-state index in [1.165, 1.54) is 0 Å². The number of hydrogen-bond acceptors (Lipinski definition) is 2. The van der Waals surface area contributed by atoms with Crippen molar-refractivity contribution in [2.45, 2.75) is 13.5 Å². The number of rotatable bonds is 1. The Bertz CT molecular complexity index is 445. The minimum Gasteiger partial charge on any atom is -0.457 e. The van der Waals surface area contributed by atoms with Gasteiger partial charge in [0.1, 0.15) is 18.0 Å². The van der Waals surface area contributed by atoms with Crippen LogP contribution in [0.15, 0.2) is 27.1 Å². The van der Waals surface area contributed by atoms with Crippen molar-refractivity contribution in [1.82, 2.24) is 0 Å². The number of aliphatic hydroxyl groups excluding tert-OH is 1. The maximum absolute atomic E-state index is 9.00. The van der Waals surface area contributed by atoms with E-state index in [-0.39, 0.29) is 6.61 Å². The van der Waals surface area contributed by atoms with Crippen LogP contribution in [-0.4, -0.2) is 5.11 Å². The van der Waals surface area contributed by atoms with Gasteiger partial charge in [0, 0.05) is 10.9 Å². The van der Waals surface area contributed by atoms with E-state index in [4.69, 9.17) is 9.52 Å². The summed E-state index contributed by atoms with van der Waals surface area (Å²) in [5.41, 5.74) is 1.82. The third-order valence-electron chi connectivity index (χ3n) is 2.16. The van der Waals surface area contributed by atoms with Gasteiger partial charge in [0.2, 0.25) is 0 Å². The number of furan rings is 1. The number of halogens is 1. The number of benzene rings is 1.